The molecule has 1 aliphatic heterocycles. The van der Waals surface area contributed by atoms with Gasteiger partial charge in [0, 0.05) is 58.5 Å². The van der Waals surface area contributed by atoms with Crippen molar-refractivity contribution in [3.05, 3.63) is 77.5 Å². The fourth-order valence-electron chi connectivity index (χ4n) is 5.26. The van der Waals surface area contributed by atoms with Gasteiger partial charge in [-0.1, -0.05) is 105 Å². The van der Waals surface area contributed by atoms with E-state index < -0.39 is 5.60 Å². The second-order valence-corrected chi connectivity index (χ2v) is 19.4. The molecule has 1 aliphatic rings. The predicted molar refractivity (Wildman–Crippen MR) is 217 cm³/mol. The Morgan fingerprint density at radius 1 is 0.961 bits per heavy atom. The van der Waals surface area contributed by atoms with E-state index in [0.717, 1.165) is 51.5 Å². The minimum Gasteiger partial charge on any atom is -0.396 e. The van der Waals surface area contributed by atoms with Crippen LogP contribution in [0.4, 0.5) is 5.69 Å². The number of carbonyl (C=O) groups excluding carboxylic acids is 2. The number of hydrogen-bond acceptors (Lipinski definition) is 9. The van der Waals surface area contributed by atoms with Gasteiger partial charge in [0.1, 0.15) is 11.4 Å². The number of azo groups is 1. The van der Waals surface area contributed by atoms with E-state index in [0.29, 0.717) is 44.9 Å². The Morgan fingerprint density at radius 3 is 2.27 bits per heavy atom. The lowest BCUT2D eigenvalue weighted by atomic mass is 9.88. The third-order valence-corrected chi connectivity index (χ3v) is 12.2. The van der Waals surface area contributed by atoms with Crippen molar-refractivity contribution in [3.8, 4) is 0 Å². The molecule has 0 aliphatic carbocycles. The van der Waals surface area contributed by atoms with E-state index in [1.807, 2.05) is 58.9 Å². The Kier molecular flexibility index (Phi) is 15.2. The molecule has 2 aromatic rings. The number of hydrogen-bond donors (Lipinski definition) is 2. The van der Waals surface area contributed by atoms with E-state index in [-0.39, 0.29) is 28.1 Å². The Labute approximate surface area is 314 Å². The maximum atomic E-state index is 13.3. The molecule has 0 spiro atoms. The van der Waals surface area contributed by atoms with Gasteiger partial charge in [-0.15, -0.1) is 0 Å². The number of benzene rings is 2. The van der Waals surface area contributed by atoms with Gasteiger partial charge in [0.25, 0.3) is 5.91 Å². The first-order chi connectivity index (χ1) is 23.8. The zero-order chi connectivity index (χ0) is 38.0. The molecule has 0 fully saturated rings. The van der Waals surface area contributed by atoms with Crippen molar-refractivity contribution in [3.63, 3.8) is 0 Å². The number of rotatable bonds is 18. The molecule has 8 nitrogen and oxygen atoms in total. The molecule has 3 rings (SSSR count). The van der Waals surface area contributed by atoms with Crippen LogP contribution < -0.4 is 10.2 Å². The van der Waals surface area contributed by atoms with E-state index in [2.05, 4.69) is 66.9 Å². The number of anilines is 1. The van der Waals surface area contributed by atoms with Gasteiger partial charge in [0.15, 0.2) is 0 Å². The minimum atomic E-state index is -1.01. The number of Topliss-reactive ketones (excluding diaryl/α,β-unsaturated/α-hetero) is 1. The summed E-state index contributed by atoms with van der Waals surface area (Å²) in [5.41, 5.74) is 5.18. The van der Waals surface area contributed by atoms with Gasteiger partial charge in [-0.25, -0.2) is 0 Å². The SMILES string of the molecule is C=C(CCNC(=O)C(C)(C)OCC(C)(C)SSCCCC(=O)C(C)(C)C)N1Cc2ccccc2/C(C)=C(/N=N\CC(C)(C)CO)c2ccccc21. The normalized spacial score (nSPS) is 15.6. The molecular formula is C41H60N4O4S2. The molecule has 0 aromatic heterocycles. The number of aliphatic hydroxyl groups excluding tert-OH is 1. The largest absolute Gasteiger partial charge is 0.396 e. The van der Waals surface area contributed by atoms with Gasteiger partial charge in [-0.3, -0.25) is 9.59 Å². The number of nitrogens with one attached hydrogen (secondary N) is 1. The zero-order valence-corrected chi connectivity index (χ0v) is 34.2. The van der Waals surface area contributed by atoms with Crippen LogP contribution in [0.25, 0.3) is 11.3 Å². The van der Waals surface area contributed by atoms with E-state index in [4.69, 9.17) is 9.85 Å². The smallest absolute Gasteiger partial charge is 0.251 e. The van der Waals surface area contributed by atoms with Crippen LogP contribution in [0.5, 0.6) is 0 Å². The second-order valence-electron chi connectivity index (χ2n) is 16.3. The maximum Gasteiger partial charge on any atom is 0.251 e. The number of aliphatic hydroxyl groups is 1. The molecule has 2 aromatic carbocycles. The maximum absolute atomic E-state index is 13.3. The quantitative estimate of drug-likeness (QED) is 0.0893. The topological polar surface area (TPSA) is 104 Å². The summed E-state index contributed by atoms with van der Waals surface area (Å²) in [5.74, 6) is 1.01. The third kappa shape index (κ3) is 12.6. The number of amides is 1. The molecule has 51 heavy (non-hydrogen) atoms. The predicted octanol–water partition coefficient (Wildman–Crippen LogP) is 9.74. The average Bonchev–Trinajstić information content (AvgIpc) is 3.07. The molecule has 10 heteroatoms. The van der Waals surface area contributed by atoms with Crippen molar-refractivity contribution in [2.24, 2.45) is 21.1 Å². The molecule has 0 bridgehead atoms. The fourth-order valence-corrected chi connectivity index (χ4v) is 7.73. The highest BCUT2D eigenvalue weighted by molar-refractivity contribution is 8.77. The summed E-state index contributed by atoms with van der Waals surface area (Å²) in [6, 6.07) is 16.5. The first-order valence-corrected chi connectivity index (χ1v) is 20.2. The van der Waals surface area contributed by atoms with Crippen molar-refractivity contribution in [2.75, 3.05) is 37.0 Å². The monoisotopic (exact) mass is 736 g/mol. The van der Waals surface area contributed by atoms with Crippen molar-refractivity contribution < 1.29 is 19.4 Å². The van der Waals surface area contributed by atoms with Crippen LogP contribution in [-0.4, -0.2) is 59.2 Å². The molecular weight excluding hydrogens is 677 g/mol. The lowest BCUT2D eigenvalue weighted by Gasteiger charge is -2.33. The van der Waals surface area contributed by atoms with Crippen LogP contribution >= 0.6 is 21.6 Å². The third-order valence-electron chi connectivity index (χ3n) is 8.81. The molecule has 0 saturated carbocycles. The molecule has 1 heterocycles. The number of ketones is 1. The van der Waals surface area contributed by atoms with Crippen molar-refractivity contribution in [1.82, 2.24) is 5.32 Å². The summed E-state index contributed by atoms with van der Waals surface area (Å²) in [7, 11) is 3.48. The standard InChI is InChI=1S/C41H60N4O4S2/c1-29(22-23-42-37(48)41(10,11)49-28-40(8,9)51-50-24-16-21-35(47)38(3,4)5)45-25-31-17-12-13-18-32(31)30(2)36(33-19-14-15-20-34(33)45)44-43-26-39(6,7)27-46/h12-15,17-20,46H,1,16,21-28H2,2-11H3,(H,42,48)/b36-30+,44-43-. The Bertz CT molecular complexity index is 1590. The van der Waals surface area contributed by atoms with Crippen LogP contribution in [0.1, 0.15) is 105 Å². The number of carbonyl (C=O) groups is 2. The summed E-state index contributed by atoms with van der Waals surface area (Å²) in [6.07, 6.45) is 1.99. The molecule has 0 atom stereocenters. The second kappa shape index (κ2) is 18.2. The molecule has 0 unspecified atom stereocenters. The summed E-state index contributed by atoms with van der Waals surface area (Å²) in [5, 5.41) is 22.2. The van der Waals surface area contributed by atoms with Crippen LogP contribution in [0.15, 0.2) is 71.0 Å². The van der Waals surface area contributed by atoms with E-state index in [1.165, 1.54) is 0 Å². The van der Waals surface area contributed by atoms with Gasteiger partial charge in [0.2, 0.25) is 0 Å². The highest BCUT2D eigenvalue weighted by Gasteiger charge is 2.32. The highest BCUT2D eigenvalue weighted by Crippen LogP contribution is 2.40. The van der Waals surface area contributed by atoms with E-state index in [9.17, 15) is 14.7 Å². The highest BCUT2D eigenvalue weighted by atomic mass is 33.1. The number of ether oxygens (including phenoxy) is 1. The summed E-state index contributed by atoms with van der Waals surface area (Å²) in [4.78, 5) is 27.8. The van der Waals surface area contributed by atoms with Gasteiger partial charge < -0.3 is 20.1 Å². The zero-order valence-electron chi connectivity index (χ0n) is 32.5. The van der Waals surface area contributed by atoms with Crippen LogP contribution in [0, 0.1) is 10.8 Å². The number of allylic oxidation sites excluding steroid dienone is 1. The molecule has 280 valence electrons. The Hall–Kier alpha value is -2.92. The minimum absolute atomic E-state index is 0.0239. The molecule has 0 radical (unpaired) electrons. The summed E-state index contributed by atoms with van der Waals surface area (Å²) < 4.78 is 5.99. The van der Waals surface area contributed by atoms with Gasteiger partial charge in [0.05, 0.1) is 31.1 Å². The van der Waals surface area contributed by atoms with E-state index in [1.54, 1.807) is 35.4 Å². The first-order valence-electron chi connectivity index (χ1n) is 17.9. The van der Waals surface area contributed by atoms with Gasteiger partial charge in [-0.2, -0.15) is 10.2 Å². The summed E-state index contributed by atoms with van der Waals surface area (Å²) >= 11 is 0. The van der Waals surface area contributed by atoms with Crippen LogP contribution in [0.2, 0.25) is 0 Å². The van der Waals surface area contributed by atoms with Crippen LogP contribution in [-0.2, 0) is 20.9 Å². The fraction of sp³-hybridized carbons (Fsp3) is 0.561. The van der Waals surface area contributed by atoms with Crippen molar-refractivity contribution >= 4 is 50.2 Å². The Balaban J connectivity index is 1.65. The number of nitrogens with zero attached hydrogens (tertiary/aromatic N) is 3. The van der Waals surface area contributed by atoms with Crippen LogP contribution in [0.3, 0.4) is 0 Å². The van der Waals surface area contributed by atoms with Crippen molar-refractivity contribution in [1.29, 1.82) is 0 Å². The lowest BCUT2D eigenvalue weighted by Crippen LogP contribution is -2.46. The van der Waals surface area contributed by atoms with E-state index >= 15 is 0 Å². The summed E-state index contributed by atoms with van der Waals surface area (Å²) in [6.45, 7) is 26.1. The average molecular weight is 737 g/mol. The molecule has 2 N–H and O–H groups in total. The number of fused-ring (bicyclic) bond motifs is 2. The van der Waals surface area contributed by atoms with Crippen molar-refractivity contribution in [2.45, 2.75) is 105 Å². The number of para-hydroxylation sites is 1. The molecule has 0 saturated heterocycles. The first kappa shape index (κ1) is 42.5. The van der Waals surface area contributed by atoms with Gasteiger partial charge >= 0.3 is 0 Å². The molecule has 1 amide bonds. The van der Waals surface area contributed by atoms with Gasteiger partial charge in [-0.05, 0) is 63.8 Å². The Morgan fingerprint density at radius 2 is 1.61 bits per heavy atom. The lowest BCUT2D eigenvalue weighted by molar-refractivity contribution is -0.143.